The molecule has 2 rings (SSSR count). The Balaban J connectivity index is 2.71. The van der Waals surface area contributed by atoms with Crippen LogP contribution in [0.3, 0.4) is 0 Å². The van der Waals surface area contributed by atoms with E-state index in [2.05, 4.69) is 69.2 Å². The van der Waals surface area contributed by atoms with E-state index in [1.54, 1.807) is 10.4 Å². The predicted molar refractivity (Wildman–Crippen MR) is 108 cm³/mol. The maximum absolute atomic E-state index is 2.33. The third-order valence-electron chi connectivity index (χ3n) is 6.66. The normalized spacial score (nSPS) is 11.2. The molecule has 0 spiro atoms. The molecule has 1 heteroatoms. The van der Waals surface area contributed by atoms with Gasteiger partial charge < -0.3 is 0 Å². The van der Waals surface area contributed by atoms with E-state index in [1.165, 1.54) is 55.6 Å². The number of hydrogen-bond acceptors (Lipinski definition) is 0. The summed E-state index contributed by atoms with van der Waals surface area (Å²) >= 11 is 0. The van der Waals surface area contributed by atoms with E-state index in [0.717, 1.165) is 0 Å². The molecular weight excluding hydrogens is 292 g/mol. The summed E-state index contributed by atoms with van der Waals surface area (Å²) in [5.41, 5.74) is 15.1. The first-order chi connectivity index (χ1) is 10.6. The van der Waals surface area contributed by atoms with Gasteiger partial charge in [-0.25, -0.2) is 0 Å². The van der Waals surface area contributed by atoms with Gasteiger partial charge in [-0.15, -0.1) is 0 Å². The molecule has 2 aromatic carbocycles. The summed E-state index contributed by atoms with van der Waals surface area (Å²) in [6.07, 6.45) is 0. The Hall–Kier alpha value is -1.34. The van der Waals surface area contributed by atoms with Crippen LogP contribution in [-0.2, 0) is 0 Å². The average molecular weight is 325 g/mol. The van der Waals surface area contributed by atoms with Crippen molar-refractivity contribution >= 4 is 19.9 Å². The molecular formula is C22H32Si. The van der Waals surface area contributed by atoms with Crippen molar-refractivity contribution in [2.45, 2.75) is 69.2 Å². The van der Waals surface area contributed by atoms with Crippen molar-refractivity contribution in [1.29, 1.82) is 0 Å². The Bertz CT molecular complexity index is 669. The number of hydrogen-bond donors (Lipinski definition) is 0. The van der Waals surface area contributed by atoms with Crippen LogP contribution < -0.4 is 10.4 Å². The predicted octanol–water partition coefficient (Wildman–Crippen LogP) is 3.89. The lowest BCUT2D eigenvalue weighted by atomic mass is 9.95. The van der Waals surface area contributed by atoms with Gasteiger partial charge in [0.1, 0.15) is 0 Å². The van der Waals surface area contributed by atoms with Crippen molar-refractivity contribution in [2.24, 2.45) is 0 Å². The van der Waals surface area contributed by atoms with E-state index in [9.17, 15) is 0 Å². The molecule has 23 heavy (non-hydrogen) atoms. The maximum atomic E-state index is 2.33. The Kier molecular flexibility index (Phi) is 4.91. The van der Waals surface area contributed by atoms with E-state index in [0.29, 0.717) is 0 Å². The summed E-state index contributed by atoms with van der Waals surface area (Å²) in [7, 11) is -0.467. The summed E-state index contributed by atoms with van der Waals surface area (Å²) in [4.78, 5) is 0. The molecule has 0 atom stereocenters. The maximum Gasteiger partial charge on any atom is 0.0889 e. The van der Waals surface area contributed by atoms with Crippen LogP contribution in [0.15, 0.2) is 0 Å². The van der Waals surface area contributed by atoms with E-state index < -0.39 is 9.52 Å². The second-order valence-corrected chi connectivity index (χ2v) is 9.15. The van der Waals surface area contributed by atoms with Crippen molar-refractivity contribution in [3.8, 4) is 0 Å². The zero-order valence-electron chi connectivity index (χ0n) is 16.7. The lowest BCUT2D eigenvalue weighted by Gasteiger charge is -2.23. The molecule has 0 bridgehead atoms. The minimum atomic E-state index is -0.467. The Labute approximate surface area is 145 Å². The summed E-state index contributed by atoms with van der Waals surface area (Å²) in [6.45, 7) is 23.0. The summed E-state index contributed by atoms with van der Waals surface area (Å²) in [5.74, 6) is 0. The third-order valence-corrected chi connectivity index (χ3v) is 9.49. The summed E-state index contributed by atoms with van der Waals surface area (Å²) < 4.78 is 0. The van der Waals surface area contributed by atoms with Crippen LogP contribution in [0, 0.1) is 69.2 Å². The number of rotatable bonds is 2. The summed E-state index contributed by atoms with van der Waals surface area (Å²) in [5, 5.41) is 3.33. The highest BCUT2D eigenvalue weighted by atomic mass is 28.2. The largest absolute Gasteiger partial charge is 0.0889 e. The third kappa shape index (κ3) is 2.80. The molecule has 0 saturated carbocycles. The van der Waals surface area contributed by atoms with Crippen LogP contribution in [-0.4, -0.2) is 9.52 Å². The van der Waals surface area contributed by atoms with Gasteiger partial charge in [0.15, 0.2) is 0 Å². The number of benzene rings is 2. The van der Waals surface area contributed by atoms with Gasteiger partial charge in [0.2, 0.25) is 0 Å². The molecule has 0 aliphatic carbocycles. The lowest BCUT2D eigenvalue weighted by molar-refractivity contribution is 1.19. The molecule has 124 valence electrons. The van der Waals surface area contributed by atoms with Crippen molar-refractivity contribution in [3.63, 3.8) is 0 Å². The molecule has 0 unspecified atom stereocenters. The molecule has 0 heterocycles. The molecule has 0 N–H and O–H groups in total. The highest BCUT2D eigenvalue weighted by Crippen LogP contribution is 2.21. The van der Waals surface area contributed by atoms with Crippen molar-refractivity contribution in [3.05, 3.63) is 55.6 Å². The molecule has 0 radical (unpaired) electrons. The second-order valence-electron chi connectivity index (χ2n) is 7.38. The Morgan fingerprint density at radius 2 is 0.478 bits per heavy atom. The minimum absolute atomic E-state index is 0.467. The molecule has 0 aliphatic rings. The van der Waals surface area contributed by atoms with Crippen LogP contribution in [0.25, 0.3) is 0 Å². The van der Waals surface area contributed by atoms with Gasteiger partial charge in [0, 0.05) is 0 Å². The monoisotopic (exact) mass is 324 g/mol. The van der Waals surface area contributed by atoms with Crippen LogP contribution >= 0.6 is 0 Å². The van der Waals surface area contributed by atoms with Gasteiger partial charge in [-0.1, -0.05) is 10.4 Å². The topological polar surface area (TPSA) is 0 Å². The fraction of sp³-hybridized carbons (Fsp3) is 0.455. The molecule has 0 nitrogen and oxygen atoms in total. The lowest BCUT2D eigenvalue weighted by Crippen LogP contribution is -2.36. The fourth-order valence-electron chi connectivity index (χ4n) is 3.86. The van der Waals surface area contributed by atoms with Crippen LogP contribution in [0.1, 0.15) is 55.6 Å². The summed E-state index contributed by atoms with van der Waals surface area (Å²) in [6, 6.07) is 0. The molecule has 0 saturated heterocycles. The van der Waals surface area contributed by atoms with Gasteiger partial charge in [-0.3, -0.25) is 0 Å². The van der Waals surface area contributed by atoms with Crippen molar-refractivity contribution in [2.75, 3.05) is 0 Å². The first-order valence-corrected chi connectivity index (χ1v) is 10.1. The van der Waals surface area contributed by atoms with E-state index in [1.807, 2.05) is 0 Å². The molecule has 2 aromatic rings. The van der Waals surface area contributed by atoms with E-state index in [-0.39, 0.29) is 0 Å². The second kappa shape index (κ2) is 6.28. The van der Waals surface area contributed by atoms with Gasteiger partial charge in [0.05, 0.1) is 9.52 Å². The first kappa shape index (κ1) is 18.0. The van der Waals surface area contributed by atoms with Gasteiger partial charge >= 0.3 is 0 Å². The van der Waals surface area contributed by atoms with E-state index >= 15 is 0 Å². The Morgan fingerprint density at radius 3 is 0.696 bits per heavy atom. The van der Waals surface area contributed by atoms with Gasteiger partial charge in [-0.05, 0) is 125 Å². The van der Waals surface area contributed by atoms with E-state index in [4.69, 9.17) is 0 Å². The minimum Gasteiger partial charge on any atom is -0.0553 e. The smallest absolute Gasteiger partial charge is 0.0553 e. The van der Waals surface area contributed by atoms with Crippen molar-refractivity contribution < 1.29 is 0 Å². The van der Waals surface area contributed by atoms with Crippen LogP contribution in [0.2, 0.25) is 0 Å². The van der Waals surface area contributed by atoms with Crippen molar-refractivity contribution in [1.82, 2.24) is 0 Å². The molecule has 0 amide bonds. The molecule has 0 aliphatic heterocycles. The zero-order chi connectivity index (χ0) is 17.6. The fourth-order valence-corrected chi connectivity index (χ4v) is 6.34. The highest BCUT2D eigenvalue weighted by molar-refractivity contribution is 6.69. The first-order valence-electron chi connectivity index (χ1n) is 8.71. The quantitative estimate of drug-likeness (QED) is 0.735. The highest BCUT2D eigenvalue weighted by Gasteiger charge is 2.17. The molecule has 0 aromatic heterocycles. The molecule has 0 fully saturated rings. The standard InChI is InChI=1S/C22H32Si/c1-11-13(3)17(7)21(18(8)14(11)4)23-22-19(9)15(5)12(2)16(6)20(22)10/h23H2,1-10H3. The van der Waals surface area contributed by atoms with Crippen LogP contribution in [0.5, 0.6) is 0 Å². The SMILES string of the molecule is Cc1c(C)c(C)c([SiH2]c2c(C)c(C)c(C)c(C)c2C)c(C)c1C. The zero-order valence-corrected chi connectivity index (χ0v) is 18.1. The van der Waals surface area contributed by atoms with Crippen LogP contribution in [0.4, 0.5) is 0 Å². The van der Waals surface area contributed by atoms with Gasteiger partial charge in [-0.2, -0.15) is 0 Å². The average Bonchev–Trinajstić information content (AvgIpc) is 2.54. The Morgan fingerprint density at radius 1 is 0.304 bits per heavy atom. The van der Waals surface area contributed by atoms with Gasteiger partial charge in [0.25, 0.3) is 0 Å².